The number of fused-ring (bicyclic) bond motifs is 1. The molecule has 22 heavy (non-hydrogen) atoms. The third-order valence-corrected chi connectivity index (χ3v) is 4.39. The highest BCUT2D eigenvalue weighted by Gasteiger charge is 2.32. The molecule has 0 saturated carbocycles. The van der Waals surface area contributed by atoms with Gasteiger partial charge in [0.05, 0.1) is 6.61 Å². The van der Waals surface area contributed by atoms with Crippen molar-refractivity contribution in [2.75, 3.05) is 33.4 Å². The molecule has 2 N–H and O–H groups in total. The number of amides is 1. The summed E-state index contributed by atoms with van der Waals surface area (Å²) in [7, 11) is 1.71. The minimum atomic E-state index is -0.162. The predicted octanol–water partition coefficient (Wildman–Crippen LogP) is 2.18. The van der Waals surface area contributed by atoms with Crippen LogP contribution in [-0.2, 0) is 4.74 Å². The minimum Gasteiger partial charge on any atom is -0.451 e. The molecule has 1 aliphatic rings. The zero-order valence-electron chi connectivity index (χ0n) is 12.9. The smallest absolute Gasteiger partial charge is 0.287 e. The molecule has 118 valence electrons. The van der Waals surface area contributed by atoms with Gasteiger partial charge in [0.15, 0.2) is 5.76 Å². The summed E-state index contributed by atoms with van der Waals surface area (Å²) in [5.41, 5.74) is 0.753. The van der Waals surface area contributed by atoms with Crippen LogP contribution >= 0.6 is 0 Å². The molecule has 1 aliphatic heterocycles. The van der Waals surface area contributed by atoms with Crippen molar-refractivity contribution in [3.63, 3.8) is 0 Å². The highest BCUT2D eigenvalue weighted by Crippen LogP contribution is 2.28. The lowest BCUT2D eigenvalue weighted by Gasteiger charge is -2.37. The van der Waals surface area contributed by atoms with Gasteiger partial charge in [0.1, 0.15) is 5.58 Å². The Morgan fingerprint density at radius 3 is 2.86 bits per heavy atom. The van der Waals surface area contributed by atoms with Crippen molar-refractivity contribution in [1.29, 1.82) is 0 Å². The Morgan fingerprint density at radius 1 is 1.36 bits per heavy atom. The summed E-state index contributed by atoms with van der Waals surface area (Å²) in [6.07, 6.45) is 2.00. The zero-order valence-corrected chi connectivity index (χ0v) is 12.9. The first-order chi connectivity index (χ1) is 10.7. The first kappa shape index (κ1) is 15.1. The Hall–Kier alpha value is -1.85. The van der Waals surface area contributed by atoms with Crippen molar-refractivity contribution in [3.8, 4) is 0 Å². The average molecular weight is 302 g/mol. The van der Waals surface area contributed by atoms with Gasteiger partial charge in [-0.3, -0.25) is 4.79 Å². The fourth-order valence-electron chi connectivity index (χ4n) is 3.08. The molecule has 0 bridgehead atoms. The van der Waals surface area contributed by atoms with E-state index < -0.39 is 0 Å². The average Bonchev–Trinajstić information content (AvgIpc) is 2.98. The maximum atomic E-state index is 12.3. The standard InChI is InChI=1S/C17H22N2O3/c1-21-12-17(6-8-18-9-7-17)11-19-16(20)15-10-13-4-2-3-5-14(13)22-15/h2-5,10,18H,6-9,11-12H2,1H3,(H,19,20). The van der Waals surface area contributed by atoms with Crippen LogP contribution in [0.3, 0.4) is 0 Å². The Balaban J connectivity index is 1.67. The van der Waals surface area contributed by atoms with Crippen molar-refractivity contribution >= 4 is 16.9 Å². The summed E-state index contributed by atoms with van der Waals surface area (Å²) >= 11 is 0. The highest BCUT2D eigenvalue weighted by atomic mass is 16.5. The van der Waals surface area contributed by atoms with Crippen molar-refractivity contribution in [2.24, 2.45) is 5.41 Å². The number of para-hydroxylation sites is 1. The fraction of sp³-hybridized carbons (Fsp3) is 0.471. The summed E-state index contributed by atoms with van der Waals surface area (Å²) in [5, 5.41) is 7.31. The molecule has 0 aliphatic carbocycles. The van der Waals surface area contributed by atoms with Crippen LogP contribution in [-0.4, -0.2) is 39.3 Å². The predicted molar refractivity (Wildman–Crippen MR) is 85.0 cm³/mol. The van der Waals surface area contributed by atoms with Crippen LogP contribution < -0.4 is 10.6 Å². The van der Waals surface area contributed by atoms with Crippen LogP contribution in [0, 0.1) is 5.41 Å². The molecule has 0 atom stereocenters. The Labute approximate surface area is 130 Å². The largest absolute Gasteiger partial charge is 0.451 e. The second-order valence-electron chi connectivity index (χ2n) is 6.01. The van der Waals surface area contributed by atoms with Crippen LogP contribution in [0.15, 0.2) is 34.7 Å². The first-order valence-electron chi connectivity index (χ1n) is 7.69. The number of carbonyl (C=O) groups is 1. The van der Waals surface area contributed by atoms with E-state index in [1.54, 1.807) is 13.2 Å². The lowest BCUT2D eigenvalue weighted by molar-refractivity contribution is 0.0506. The monoisotopic (exact) mass is 302 g/mol. The molecule has 5 nitrogen and oxygen atoms in total. The molecule has 1 aromatic carbocycles. The molecule has 1 aromatic heterocycles. The van der Waals surface area contributed by atoms with Crippen molar-refractivity contribution in [1.82, 2.24) is 10.6 Å². The third-order valence-electron chi connectivity index (χ3n) is 4.39. The Bertz CT molecular complexity index is 606. The molecule has 2 aromatic rings. The van der Waals surface area contributed by atoms with Crippen molar-refractivity contribution in [3.05, 3.63) is 36.1 Å². The van der Waals surface area contributed by atoms with Crippen LogP contribution in [0.2, 0.25) is 0 Å². The maximum absolute atomic E-state index is 12.3. The zero-order chi connectivity index (χ0) is 15.4. The summed E-state index contributed by atoms with van der Waals surface area (Å²) in [5.74, 6) is 0.202. The number of rotatable bonds is 5. The van der Waals surface area contributed by atoms with Crippen LogP contribution in [0.4, 0.5) is 0 Å². The molecule has 5 heteroatoms. The number of carbonyl (C=O) groups excluding carboxylic acids is 1. The molecule has 0 unspecified atom stereocenters. The molecule has 0 spiro atoms. The van der Waals surface area contributed by atoms with Gasteiger partial charge in [-0.1, -0.05) is 18.2 Å². The molecule has 0 radical (unpaired) electrons. The molecule has 3 rings (SSSR count). The van der Waals surface area contributed by atoms with Gasteiger partial charge in [0.25, 0.3) is 5.91 Å². The second-order valence-corrected chi connectivity index (χ2v) is 6.01. The lowest BCUT2D eigenvalue weighted by atomic mass is 9.79. The van der Waals surface area contributed by atoms with E-state index in [2.05, 4.69) is 10.6 Å². The van der Waals surface area contributed by atoms with E-state index in [0.29, 0.717) is 18.9 Å². The number of furan rings is 1. The van der Waals surface area contributed by atoms with E-state index in [9.17, 15) is 4.79 Å². The van der Waals surface area contributed by atoms with Crippen molar-refractivity contribution in [2.45, 2.75) is 12.8 Å². The molecule has 2 heterocycles. The number of hydrogen-bond acceptors (Lipinski definition) is 4. The van der Waals surface area contributed by atoms with Gasteiger partial charge < -0.3 is 19.8 Å². The van der Waals surface area contributed by atoms with Crippen LogP contribution in [0.25, 0.3) is 11.0 Å². The summed E-state index contributed by atoms with van der Waals surface area (Å²) < 4.78 is 11.0. The number of nitrogens with one attached hydrogen (secondary N) is 2. The number of piperidine rings is 1. The normalized spacial score (nSPS) is 17.5. The number of ether oxygens (including phenoxy) is 1. The SMILES string of the molecule is COCC1(CNC(=O)c2cc3ccccc3o2)CCNCC1. The number of methoxy groups -OCH3 is 1. The topological polar surface area (TPSA) is 63.5 Å². The second kappa shape index (κ2) is 6.50. The number of hydrogen-bond donors (Lipinski definition) is 2. The van der Waals surface area contributed by atoms with E-state index in [0.717, 1.165) is 36.9 Å². The van der Waals surface area contributed by atoms with E-state index in [4.69, 9.17) is 9.15 Å². The van der Waals surface area contributed by atoms with E-state index in [-0.39, 0.29) is 11.3 Å². The fourth-order valence-corrected chi connectivity index (χ4v) is 3.08. The third kappa shape index (κ3) is 3.15. The van der Waals surface area contributed by atoms with Gasteiger partial charge in [0, 0.05) is 24.5 Å². The van der Waals surface area contributed by atoms with E-state index in [1.165, 1.54) is 0 Å². The molecule has 1 saturated heterocycles. The first-order valence-corrected chi connectivity index (χ1v) is 7.69. The molecular formula is C17H22N2O3. The summed E-state index contributed by atoms with van der Waals surface area (Å²) in [6, 6.07) is 9.43. The van der Waals surface area contributed by atoms with Gasteiger partial charge in [-0.15, -0.1) is 0 Å². The van der Waals surface area contributed by atoms with Gasteiger partial charge in [0.2, 0.25) is 0 Å². The molecule has 1 fully saturated rings. The maximum Gasteiger partial charge on any atom is 0.287 e. The van der Waals surface area contributed by atoms with E-state index in [1.807, 2.05) is 24.3 Å². The number of benzene rings is 1. The summed E-state index contributed by atoms with van der Waals surface area (Å²) in [6.45, 7) is 3.20. The molecular weight excluding hydrogens is 280 g/mol. The van der Waals surface area contributed by atoms with Gasteiger partial charge in [-0.05, 0) is 38.1 Å². The highest BCUT2D eigenvalue weighted by molar-refractivity contribution is 5.96. The van der Waals surface area contributed by atoms with Crippen LogP contribution in [0.1, 0.15) is 23.4 Å². The van der Waals surface area contributed by atoms with Crippen molar-refractivity contribution < 1.29 is 13.9 Å². The molecule has 1 amide bonds. The van der Waals surface area contributed by atoms with Gasteiger partial charge in [-0.25, -0.2) is 0 Å². The Kier molecular flexibility index (Phi) is 4.45. The minimum absolute atomic E-state index is 0.0156. The van der Waals surface area contributed by atoms with Crippen LogP contribution in [0.5, 0.6) is 0 Å². The quantitative estimate of drug-likeness (QED) is 0.888. The lowest BCUT2D eigenvalue weighted by Crippen LogP contribution is -2.47. The Morgan fingerprint density at radius 2 is 2.14 bits per heavy atom. The van der Waals surface area contributed by atoms with E-state index >= 15 is 0 Å². The van der Waals surface area contributed by atoms with Gasteiger partial charge in [-0.2, -0.15) is 0 Å². The van der Waals surface area contributed by atoms with Gasteiger partial charge >= 0.3 is 0 Å². The summed E-state index contributed by atoms with van der Waals surface area (Å²) in [4.78, 5) is 12.3.